The zero-order valence-corrected chi connectivity index (χ0v) is 9.71. The summed E-state index contributed by atoms with van der Waals surface area (Å²) >= 11 is 0. The van der Waals surface area contributed by atoms with Crippen LogP contribution >= 0.6 is 0 Å². The van der Waals surface area contributed by atoms with Crippen molar-refractivity contribution in [2.24, 2.45) is 0 Å². The zero-order valence-electron chi connectivity index (χ0n) is 9.71. The number of nitrogens with one attached hydrogen (secondary N) is 2. The second kappa shape index (κ2) is 6.32. The topological polar surface area (TPSA) is 108 Å². The minimum Gasteiger partial charge on any atom is -0.286 e. The van der Waals surface area contributed by atoms with E-state index in [1.54, 1.807) is 6.92 Å². The third kappa shape index (κ3) is 3.54. The Bertz CT molecular complexity index is 478. The van der Waals surface area contributed by atoms with Crippen LogP contribution < -0.4 is 10.9 Å². The summed E-state index contributed by atoms with van der Waals surface area (Å²) in [7, 11) is 0. The molecule has 0 spiro atoms. The van der Waals surface area contributed by atoms with Crippen LogP contribution in [0.1, 0.15) is 23.7 Å². The molecule has 0 fully saturated rings. The van der Waals surface area contributed by atoms with E-state index in [-0.39, 0.29) is 11.3 Å². The number of non-ortho nitro benzene ring substituents is 1. The van der Waals surface area contributed by atoms with E-state index in [1.807, 2.05) is 6.07 Å². The summed E-state index contributed by atoms with van der Waals surface area (Å²) in [6.45, 7) is 1.80. The van der Waals surface area contributed by atoms with Gasteiger partial charge in [0.2, 0.25) is 0 Å². The highest BCUT2D eigenvalue weighted by Gasteiger charge is 2.10. The maximum Gasteiger partial charge on any atom is 0.269 e. The molecule has 1 aromatic carbocycles. The second-order valence-electron chi connectivity index (χ2n) is 3.49. The number of amides is 1. The minimum atomic E-state index is -0.539. The fourth-order valence-electron chi connectivity index (χ4n) is 1.18. The summed E-state index contributed by atoms with van der Waals surface area (Å²) in [5.74, 6) is -0.446. The fraction of sp³-hybridized carbons (Fsp3) is 0.273. The molecule has 1 atom stereocenters. The third-order valence-electron chi connectivity index (χ3n) is 2.26. The summed E-state index contributed by atoms with van der Waals surface area (Å²) < 4.78 is 0. The first-order valence-corrected chi connectivity index (χ1v) is 5.28. The third-order valence-corrected chi connectivity index (χ3v) is 2.26. The van der Waals surface area contributed by atoms with Crippen LogP contribution in [0.25, 0.3) is 0 Å². The number of carbonyl (C=O) groups is 1. The van der Waals surface area contributed by atoms with Crippen LogP contribution in [-0.2, 0) is 0 Å². The van der Waals surface area contributed by atoms with Crippen LogP contribution in [0.15, 0.2) is 24.3 Å². The Morgan fingerprint density at radius 1 is 1.50 bits per heavy atom. The standard InChI is InChI=1S/C11H12N4O3/c1-2-9(7-12)13-14-11(16)8-3-5-10(6-4-8)15(17)18/h3-6,9,13H,2H2,1H3,(H,14,16)/t9-/m1/s1. The Balaban J connectivity index is 2.62. The number of nitrogens with zero attached hydrogens (tertiary/aromatic N) is 2. The van der Waals surface area contributed by atoms with Gasteiger partial charge in [0.25, 0.3) is 11.6 Å². The molecule has 7 heteroatoms. The molecule has 0 heterocycles. The lowest BCUT2D eigenvalue weighted by Gasteiger charge is -2.10. The number of hydrogen-bond donors (Lipinski definition) is 2. The van der Waals surface area contributed by atoms with Crippen LogP contribution in [0.3, 0.4) is 0 Å². The van der Waals surface area contributed by atoms with E-state index in [1.165, 1.54) is 24.3 Å². The van der Waals surface area contributed by atoms with E-state index in [0.29, 0.717) is 6.42 Å². The summed E-state index contributed by atoms with van der Waals surface area (Å²) in [5, 5.41) is 19.1. The lowest BCUT2D eigenvalue weighted by atomic mass is 10.2. The van der Waals surface area contributed by atoms with Gasteiger partial charge < -0.3 is 0 Å². The number of hydrazine groups is 1. The molecule has 1 amide bonds. The molecule has 2 N–H and O–H groups in total. The van der Waals surface area contributed by atoms with Crippen molar-refractivity contribution in [1.29, 1.82) is 5.26 Å². The van der Waals surface area contributed by atoms with Gasteiger partial charge in [-0.1, -0.05) is 6.92 Å². The molecule has 7 nitrogen and oxygen atoms in total. The highest BCUT2D eigenvalue weighted by Crippen LogP contribution is 2.11. The van der Waals surface area contributed by atoms with Crippen LogP contribution in [0, 0.1) is 21.4 Å². The summed E-state index contributed by atoms with van der Waals surface area (Å²) in [6, 6.07) is 6.69. The molecule has 0 saturated carbocycles. The number of rotatable bonds is 5. The Morgan fingerprint density at radius 2 is 2.11 bits per heavy atom. The van der Waals surface area contributed by atoms with Gasteiger partial charge in [0.05, 0.1) is 11.0 Å². The monoisotopic (exact) mass is 248 g/mol. The average molecular weight is 248 g/mol. The minimum absolute atomic E-state index is 0.0806. The summed E-state index contributed by atoms with van der Waals surface area (Å²) in [4.78, 5) is 21.5. The SMILES string of the molecule is CC[C@H](C#N)NNC(=O)c1ccc([N+](=O)[O-])cc1. The lowest BCUT2D eigenvalue weighted by molar-refractivity contribution is -0.384. The number of nitro benzene ring substituents is 1. The fourth-order valence-corrected chi connectivity index (χ4v) is 1.18. The molecule has 0 radical (unpaired) electrons. The average Bonchev–Trinajstić information content (AvgIpc) is 2.39. The molecule has 18 heavy (non-hydrogen) atoms. The predicted octanol–water partition coefficient (Wildman–Crippen LogP) is 1.13. The number of benzene rings is 1. The largest absolute Gasteiger partial charge is 0.286 e. The van der Waals surface area contributed by atoms with E-state index in [0.717, 1.165) is 0 Å². The second-order valence-corrected chi connectivity index (χ2v) is 3.49. The van der Waals surface area contributed by atoms with Crippen LogP contribution in [-0.4, -0.2) is 16.9 Å². The van der Waals surface area contributed by atoms with E-state index < -0.39 is 16.9 Å². The van der Waals surface area contributed by atoms with Gasteiger partial charge in [-0.05, 0) is 18.6 Å². The van der Waals surface area contributed by atoms with Crippen molar-refractivity contribution in [3.8, 4) is 6.07 Å². The Labute approximate surface area is 104 Å². The normalized spacial score (nSPS) is 11.3. The van der Waals surface area contributed by atoms with Crippen molar-refractivity contribution < 1.29 is 9.72 Å². The van der Waals surface area contributed by atoms with E-state index >= 15 is 0 Å². The molecule has 0 aliphatic rings. The van der Waals surface area contributed by atoms with E-state index in [2.05, 4.69) is 10.9 Å². The lowest BCUT2D eigenvalue weighted by Crippen LogP contribution is -2.43. The Morgan fingerprint density at radius 3 is 2.56 bits per heavy atom. The number of carbonyl (C=O) groups excluding carboxylic acids is 1. The smallest absolute Gasteiger partial charge is 0.269 e. The van der Waals surface area contributed by atoms with Gasteiger partial charge in [-0.3, -0.25) is 20.3 Å². The van der Waals surface area contributed by atoms with Crippen molar-refractivity contribution in [2.75, 3.05) is 0 Å². The van der Waals surface area contributed by atoms with Crippen molar-refractivity contribution in [2.45, 2.75) is 19.4 Å². The predicted molar refractivity (Wildman–Crippen MR) is 63.4 cm³/mol. The van der Waals surface area contributed by atoms with Crippen LogP contribution in [0.4, 0.5) is 5.69 Å². The van der Waals surface area contributed by atoms with Crippen LogP contribution in [0.2, 0.25) is 0 Å². The van der Waals surface area contributed by atoms with Crippen molar-refractivity contribution in [1.82, 2.24) is 10.9 Å². The van der Waals surface area contributed by atoms with Gasteiger partial charge in [-0.15, -0.1) is 0 Å². The van der Waals surface area contributed by atoms with Crippen molar-refractivity contribution in [3.63, 3.8) is 0 Å². The van der Waals surface area contributed by atoms with Crippen molar-refractivity contribution >= 4 is 11.6 Å². The first-order valence-electron chi connectivity index (χ1n) is 5.28. The molecular weight excluding hydrogens is 236 g/mol. The van der Waals surface area contributed by atoms with Gasteiger partial charge in [0.1, 0.15) is 6.04 Å². The summed E-state index contributed by atoms with van der Waals surface area (Å²) in [5.41, 5.74) is 5.13. The number of hydrogen-bond acceptors (Lipinski definition) is 5. The van der Waals surface area contributed by atoms with E-state index in [9.17, 15) is 14.9 Å². The molecule has 0 unspecified atom stereocenters. The van der Waals surface area contributed by atoms with Gasteiger partial charge in [-0.2, -0.15) is 5.26 Å². The summed E-state index contributed by atoms with van der Waals surface area (Å²) in [6.07, 6.45) is 0.553. The number of nitriles is 1. The molecule has 1 aromatic rings. The number of nitro groups is 1. The quantitative estimate of drug-likeness (QED) is 0.599. The van der Waals surface area contributed by atoms with Gasteiger partial charge in [0.15, 0.2) is 0 Å². The zero-order chi connectivity index (χ0) is 13.5. The maximum atomic E-state index is 11.6. The van der Waals surface area contributed by atoms with Crippen LogP contribution in [0.5, 0.6) is 0 Å². The molecular formula is C11H12N4O3. The Kier molecular flexibility index (Phi) is 4.78. The first kappa shape index (κ1) is 13.6. The maximum absolute atomic E-state index is 11.6. The molecule has 94 valence electrons. The highest BCUT2D eigenvalue weighted by atomic mass is 16.6. The molecule has 0 aromatic heterocycles. The molecule has 1 rings (SSSR count). The Hall–Kier alpha value is -2.46. The van der Waals surface area contributed by atoms with Crippen molar-refractivity contribution in [3.05, 3.63) is 39.9 Å². The molecule has 0 aliphatic heterocycles. The molecule has 0 bridgehead atoms. The molecule has 0 saturated heterocycles. The molecule has 0 aliphatic carbocycles. The van der Waals surface area contributed by atoms with E-state index in [4.69, 9.17) is 5.26 Å². The highest BCUT2D eigenvalue weighted by molar-refractivity contribution is 5.94. The van der Waals surface area contributed by atoms with Gasteiger partial charge in [0, 0.05) is 17.7 Å². The first-order chi connectivity index (χ1) is 8.58. The van der Waals surface area contributed by atoms with Gasteiger partial charge in [-0.25, -0.2) is 5.43 Å². The van der Waals surface area contributed by atoms with Gasteiger partial charge >= 0.3 is 0 Å².